The summed E-state index contributed by atoms with van der Waals surface area (Å²) in [5.74, 6) is 1.23. The van der Waals surface area contributed by atoms with Crippen LogP contribution in [0.4, 0.5) is 0 Å². The minimum Gasteiger partial charge on any atom is -0.126 e. The number of unbranched alkanes of at least 4 members (excludes halogenated alkanes) is 5. The van der Waals surface area contributed by atoms with Gasteiger partial charge in [-0.05, 0) is 63.5 Å². The molecule has 0 N–H and O–H groups in total. The average Bonchev–Trinajstić information content (AvgIpc) is 2.72. The van der Waals surface area contributed by atoms with E-state index in [0.717, 1.165) is 0 Å². The van der Waals surface area contributed by atoms with Crippen LogP contribution in [0, 0.1) is 6.92 Å². The second-order valence-corrected chi connectivity index (χ2v) is 9.12. The SMILES string of the molecule is CCCCCCCCSc1ccc2ccc3c4cc(C)ccc4ccc3c2c1. The molecular weight excluding hydrogens is 356 g/mol. The van der Waals surface area contributed by atoms with Crippen LogP contribution in [0.1, 0.15) is 51.0 Å². The Labute approximate surface area is 173 Å². The molecular formula is C27H30S. The van der Waals surface area contributed by atoms with Crippen molar-refractivity contribution in [3.05, 3.63) is 66.2 Å². The Bertz CT molecular complexity index is 1090. The summed E-state index contributed by atoms with van der Waals surface area (Å²) in [5, 5.41) is 8.15. The zero-order chi connectivity index (χ0) is 19.3. The van der Waals surface area contributed by atoms with Crippen LogP contribution >= 0.6 is 11.8 Å². The van der Waals surface area contributed by atoms with E-state index in [1.807, 2.05) is 11.8 Å². The number of benzene rings is 4. The zero-order valence-electron chi connectivity index (χ0n) is 17.1. The Morgan fingerprint density at radius 2 is 1.21 bits per heavy atom. The first-order valence-electron chi connectivity index (χ1n) is 10.7. The summed E-state index contributed by atoms with van der Waals surface area (Å²) in [6, 6.07) is 22.9. The maximum atomic E-state index is 2.40. The van der Waals surface area contributed by atoms with E-state index in [-0.39, 0.29) is 0 Å². The van der Waals surface area contributed by atoms with Crippen molar-refractivity contribution in [2.75, 3.05) is 5.75 Å². The molecule has 4 rings (SSSR count). The van der Waals surface area contributed by atoms with Gasteiger partial charge in [0.05, 0.1) is 0 Å². The lowest BCUT2D eigenvalue weighted by Crippen LogP contribution is -1.85. The van der Waals surface area contributed by atoms with Crippen LogP contribution in [-0.4, -0.2) is 5.75 Å². The highest BCUT2D eigenvalue weighted by molar-refractivity contribution is 7.99. The third-order valence-electron chi connectivity index (χ3n) is 5.73. The van der Waals surface area contributed by atoms with E-state index in [2.05, 4.69) is 74.5 Å². The molecule has 0 aliphatic heterocycles. The molecule has 0 spiro atoms. The summed E-state index contributed by atoms with van der Waals surface area (Å²) in [5.41, 5.74) is 1.32. The third-order valence-corrected chi connectivity index (χ3v) is 6.81. The van der Waals surface area contributed by atoms with Crippen LogP contribution in [0.15, 0.2) is 65.6 Å². The lowest BCUT2D eigenvalue weighted by Gasteiger charge is -2.10. The molecule has 144 valence electrons. The normalized spacial score (nSPS) is 11.6. The number of aryl methyl sites for hydroxylation is 1. The van der Waals surface area contributed by atoms with Gasteiger partial charge < -0.3 is 0 Å². The summed E-state index contributed by atoms with van der Waals surface area (Å²) in [6.45, 7) is 4.46. The van der Waals surface area contributed by atoms with Crippen molar-refractivity contribution in [1.82, 2.24) is 0 Å². The lowest BCUT2D eigenvalue weighted by molar-refractivity contribution is 0.627. The van der Waals surface area contributed by atoms with Gasteiger partial charge in [0.15, 0.2) is 0 Å². The number of hydrogen-bond acceptors (Lipinski definition) is 1. The Hall–Kier alpha value is -1.99. The van der Waals surface area contributed by atoms with E-state index >= 15 is 0 Å². The van der Waals surface area contributed by atoms with Crippen molar-refractivity contribution in [2.24, 2.45) is 0 Å². The van der Waals surface area contributed by atoms with Crippen LogP contribution in [0.5, 0.6) is 0 Å². The predicted molar refractivity (Wildman–Crippen MR) is 128 cm³/mol. The molecule has 0 saturated heterocycles. The molecule has 0 aliphatic carbocycles. The largest absolute Gasteiger partial charge is 0.126 e. The molecule has 0 atom stereocenters. The molecule has 1 heteroatoms. The van der Waals surface area contributed by atoms with E-state index in [1.54, 1.807) is 0 Å². The molecule has 0 heterocycles. The van der Waals surface area contributed by atoms with E-state index in [1.165, 1.54) is 87.1 Å². The molecule has 0 amide bonds. The smallest absolute Gasteiger partial charge is 0.00785 e. The number of hydrogen-bond donors (Lipinski definition) is 0. The first-order chi connectivity index (χ1) is 13.8. The minimum absolute atomic E-state index is 1.23. The van der Waals surface area contributed by atoms with E-state index < -0.39 is 0 Å². The number of fused-ring (bicyclic) bond motifs is 5. The molecule has 0 radical (unpaired) electrons. The van der Waals surface area contributed by atoms with Crippen molar-refractivity contribution in [2.45, 2.75) is 57.3 Å². The topological polar surface area (TPSA) is 0 Å². The molecule has 0 saturated carbocycles. The van der Waals surface area contributed by atoms with Crippen LogP contribution in [0.3, 0.4) is 0 Å². The second-order valence-electron chi connectivity index (χ2n) is 7.95. The first-order valence-corrected chi connectivity index (χ1v) is 11.7. The van der Waals surface area contributed by atoms with E-state index in [9.17, 15) is 0 Å². The van der Waals surface area contributed by atoms with Gasteiger partial charge in [0.1, 0.15) is 0 Å². The highest BCUT2D eigenvalue weighted by Crippen LogP contribution is 2.34. The van der Waals surface area contributed by atoms with Crippen molar-refractivity contribution < 1.29 is 0 Å². The monoisotopic (exact) mass is 386 g/mol. The first kappa shape index (κ1) is 19.3. The van der Waals surface area contributed by atoms with E-state index in [4.69, 9.17) is 0 Å². The quantitative estimate of drug-likeness (QED) is 0.165. The summed E-state index contributed by atoms with van der Waals surface area (Å²) in [7, 11) is 0. The number of thioether (sulfide) groups is 1. The van der Waals surface area contributed by atoms with Crippen molar-refractivity contribution in [3.8, 4) is 0 Å². The summed E-state index contributed by atoms with van der Waals surface area (Å²) in [6.07, 6.45) is 8.20. The molecule has 4 aromatic carbocycles. The fourth-order valence-electron chi connectivity index (χ4n) is 4.12. The predicted octanol–water partition coefficient (Wildman–Crippen LogP) is 8.91. The Kier molecular flexibility index (Phi) is 6.22. The maximum absolute atomic E-state index is 2.40. The molecule has 0 aromatic heterocycles. The Morgan fingerprint density at radius 3 is 1.96 bits per heavy atom. The number of rotatable bonds is 8. The average molecular weight is 387 g/mol. The van der Waals surface area contributed by atoms with Crippen LogP contribution in [0.25, 0.3) is 32.3 Å². The van der Waals surface area contributed by atoms with Gasteiger partial charge in [-0.2, -0.15) is 0 Å². The minimum atomic E-state index is 1.23. The summed E-state index contributed by atoms with van der Waals surface area (Å²) < 4.78 is 0. The molecule has 28 heavy (non-hydrogen) atoms. The lowest BCUT2D eigenvalue weighted by atomic mass is 9.96. The maximum Gasteiger partial charge on any atom is 0.00785 e. The van der Waals surface area contributed by atoms with Gasteiger partial charge in [0.25, 0.3) is 0 Å². The van der Waals surface area contributed by atoms with Gasteiger partial charge in [0, 0.05) is 4.90 Å². The third kappa shape index (κ3) is 4.20. The fraction of sp³-hybridized carbons (Fsp3) is 0.333. The molecule has 0 aliphatic rings. The van der Waals surface area contributed by atoms with Gasteiger partial charge >= 0.3 is 0 Å². The van der Waals surface area contributed by atoms with E-state index in [0.29, 0.717) is 0 Å². The highest BCUT2D eigenvalue weighted by Gasteiger charge is 2.06. The van der Waals surface area contributed by atoms with Crippen LogP contribution < -0.4 is 0 Å². The fourth-order valence-corrected chi connectivity index (χ4v) is 5.07. The summed E-state index contributed by atoms with van der Waals surface area (Å²) in [4.78, 5) is 1.40. The van der Waals surface area contributed by atoms with Crippen LogP contribution in [0.2, 0.25) is 0 Å². The Balaban J connectivity index is 1.58. The van der Waals surface area contributed by atoms with Gasteiger partial charge in [-0.15, -0.1) is 11.8 Å². The van der Waals surface area contributed by atoms with Gasteiger partial charge in [-0.25, -0.2) is 0 Å². The van der Waals surface area contributed by atoms with Crippen molar-refractivity contribution >= 4 is 44.1 Å². The van der Waals surface area contributed by atoms with Gasteiger partial charge in [-0.1, -0.05) is 93.1 Å². The molecule has 0 fully saturated rings. The molecule has 4 aromatic rings. The standard InChI is InChI=1S/C27H30S/c1-3-4-5-6-7-8-17-28-23-14-11-22-13-15-24-25(27(22)19-23)16-12-21-10-9-20(2)18-26(21)24/h9-16,18-19H,3-8,17H2,1-2H3. The van der Waals surface area contributed by atoms with Gasteiger partial charge in [-0.3, -0.25) is 0 Å². The van der Waals surface area contributed by atoms with Gasteiger partial charge in [0.2, 0.25) is 0 Å². The molecule has 0 nitrogen and oxygen atoms in total. The molecule has 0 bridgehead atoms. The zero-order valence-corrected chi connectivity index (χ0v) is 17.9. The van der Waals surface area contributed by atoms with Crippen molar-refractivity contribution in [1.29, 1.82) is 0 Å². The van der Waals surface area contributed by atoms with Crippen LogP contribution in [-0.2, 0) is 0 Å². The molecule has 0 unspecified atom stereocenters. The Morgan fingerprint density at radius 1 is 0.607 bits per heavy atom. The summed E-state index contributed by atoms with van der Waals surface area (Å²) >= 11 is 2.01. The second kappa shape index (κ2) is 9.01. The highest BCUT2D eigenvalue weighted by atomic mass is 32.2. The van der Waals surface area contributed by atoms with Crippen molar-refractivity contribution in [3.63, 3.8) is 0 Å².